The van der Waals surface area contributed by atoms with Gasteiger partial charge in [0.25, 0.3) is 0 Å². The highest BCUT2D eigenvalue weighted by molar-refractivity contribution is 7.93. The van der Waals surface area contributed by atoms with Crippen LogP contribution < -0.4 is 14.2 Å². The first-order valence-electron chi connectivity index (χ1n) is 10.8. The van der Waals surface area contributed by atoms with Crippen molar-refractivity contribution in [3.8, 4) is 28.6 Å². The second kappa shape index (κ2) is 10.5. The summed E-state index contributed by atoms with van der Waals surface area (Å²) in [5, 5.41) is 7.93. The molecule has 4 rings (SSSR count). The lowest BCUT2D eigenvalue weighted by Gasteiger charge is -2.19. The molecule has 0 saturated heterocycles. The summed E-state index contributed by atoms with van der Waals surface area (Å²) in [4.78, 5) is 12.4. The summed E-state index contributed by atoms with van der Waals surface area (Å²) in [5.74, 6) is 1.51. The van der Waals surface area contributed by atoms with Gasteiger partial charge >= 0.3 is 0 Å². The second-order valence-corrected chi connectivity index (χ2v) is 10.5. The molecule has 4 aromatic rings. The van der Waals surface area contributed by atoms with Gasteiger partial charge in [0.2, 0.25) is 16.0 Å². The molecule has 3 heterocycles. The van der Waals surface area contributed by atoms with Crippen LogP contribution in [0.15, 0.2) is 49.1 Å². The fourth-order valence-electron chi connectivity index (χ4n) is 3.52. The molecule has 3 aromatic heterocycles. The highest BCUT2D eigenvalue weighted by Crippen LogP contribution is 2.37. The van der Waals surface area contributed by atoms with Gasteiger partial charge in [-0.1, -0.05) is 17.7 Å². The molecule has 0 aliphatic heterocycles. The van der Waals surface area contributed by atoms with Crippen LogP contribution in [-0.2, 0) is 16.4 Å². The van der Waals surface area contributed by atoms with Gasteiger partial charge in [-0.05, 0) is 37.6 Å². The highest BCUT2D eigenvalue weighted by Gasteiger charge is 2.28. The normalized spacial score (nSPS) is 12.2. The van der Waals surface area contributed by atoms with Crippen molar-refractivity contribution in [2.24, 2.45) is 0 Å². The Morgan fingerprint density at radius 3 is 2.33 bits per heavy atom. The molecular weight excluding hydrogens is 506 g/mol. The van der Waals surface area contributed by atoms with Crippen LogP contribution in [0.5, 0.6) is 11.5 Å². The molecule has 0 saturated carbocycles. The molecule has 0 unspecified atom stereocenters. The molecule has 36 heavy (non-hydrogen) atoms. The summed E-state index contributed by atoms with van der Waals surface area (Å²) >= 11 is 5.83. The average molecular weight is 530 g/mol. The van der Waals surface area contributed by atoms with Crippen molar-refractivity contribution in [2.75, 3.05) is 18.9 Å². The average Bonchev–Trinajstić information content (AvgIpc) is 3.27. The molecule has 1 N–H and O–H groups in total. The molecule has 0 radical (unpaired) electrons. The number of pyridine rings is 1. The number of hydrogen-bond donors (Lipinski definition) is 1. The summed E-state index contributed by atoms with van der Waals surface area (Å²) in [7, 11) is -0.935. The van der Waals surface area contributed by atoms with Crippen LogP contribution in [0.2, 0.25) is 5.02 Å². The molecule has 11 nitrogen and oxygen atoms in total. The standard InChI is InChI=1S/C23H24ClN7O4S/c1-14-8-16(11-25-10-14)22-28-29-23(31(22)21-18(34-3)6-5-7-19(21)35-4)30-36(32,33)15(2)9-20-26-12-17(24)13-27-20/h5-8,10-13,15H,9H2,1-4H3,(H,29,30)/t15-/m1/s1. The minimum absolute atomic E-state index is 0.0434. The largest absolute Gasteiger partial charge is 0.494 e. The van der Waals surface area contributed by atoms with Gasteiger partial charge in [0, 0.05) is 36.8 Å². The van der Waals surface area contributed by atoms with Crippen molar-refractivity contribution in [1.82, 2.24) is 29.7 Å². The van der Waals surface area contributed by atoms with Gasteiger partial charge in [-0.25, -0.2) is 18.4 Å². The first kappa shape index (κ1) is 25.3. The topological polar surface area (TPSA) is 134 Å². The van der Waals surface area contributed by atoms with E-state index in [1.807, 2.05) is 13.0 Å². The number of methoxy groups -OCH3 is 2. The molecule has 0 aliphatic rings. The molecule has 0 bridgehead atoms. The number of sulfonamides is 1. The maximum absolute atomic E-state index is 13.3. The van der Waals surface area contributed by atoms with Crippen LogP contribution in [0, 0.1) is 6.92 Å². The molecule has 1 aromatic carbocycles. The van der Waals surface area contributed by atoms with E-state index in [4.69, 9.17) is 21.1 Å². The summed E-state index contributed by atoms with van der Waals surface area (Å²) < 4.78 is 41.9. The minimum Gasteiger partial charge on any atom is -0.494 e. The Labute approximate surface area is 213 Å². The third kappa shape index (κ3) is 5.24. The molecule has 0 amide bonds. The van der Waals surface area contributed by atoms with Crippen LogP contribution in [0.3, 0.4) is 0 Å². The SMILES string of the molecule is COc1cccc(OC)c1-n1c(NS(=O)(=O)[C@H](C)Cc2ncc(Cl)cn2)nnc1-c1cncc(C)c1. The summed E-state index contributed by atoms with van der Waals surface area (Å²) in [6, 6.07) is 7.09. The van der Waals surface area contributed by atoms with Crippen LogP contribution in [0.25, 0.3) is 17.1 Å². The molecule has 188 valence electrons. The summed E-state index contributed by atoms with van der Waals surface area (Å²) in [6.07, 6.45) is 6.23. The predicted molar refractivity (Wildman–Crippen MR) is 135 cm³/mol. The van der Waals surface area contributed by atoms with Gasteiger partial charge in [-0.3, -0.25) is 14.3 Å². The van der Waals surface area contributed by atoms with E-state index in [0.717, 1.165) is 5.56 Å². The number of anilines is 1. The van der Waals surface area contributed by atoms with Crippen molar-refractivity contribution in [1.29, 1.82) is 0 Å². The van der Waals surface area contributed by atoms with E-state index < -0.39 is 15.3 Å². The number of hydrogen-bond acceptors (Lipinski definition) is 9. The fraction of sp³-hybridized carbons (Fsp3) is 0.261. The van der Waals surface area contributed by atoms with Crippen LogP contribution in [0.1, 0.15) is 18.3 Å². The molecule has 0 fully saturated rings. The number of aryl methyl sites for hydroxylation is 1. The lowest BCUT2D eigenvalue weighted by molar-refractivity contribution is 0.391. The van der Waals surface area contributed by atoms with E-state index in [-0.39, 0.29) is 12.4 Å². The maximum Gasteiger partial charge on any atom is 0.243 e. The Bertz CT molecular complexity index is 1450. The summed E-state index contributed by atoms with van der Waals surface area (Å²) in [5.41, 5.74) is 1.95. The smallest absolute Gasteiger partial charge is 0.243 e. The van der Waals surface area contributed by atoms with Gasteiger partial charge in [0.15, 0.2) is 5.82 Å². The van der Waals surface area contributed by atoms with E-state index in [1.165, 1.54) is 31.2 Å². The Balaban J connectivity index is 1.81. The minimum atomic E-state index is -3.95. The van der Waals surface area contributed by atoms with Gasteiger partial charge < -0.3 is 9.47 Å². The molecule has 1 atom stereocenters. The summed E-state index contributed by atoms with van der Waals surface area (Å²) in [6.45, 7) is 3.45. The van der Waals surface area contributed by atoms with Crippen molar-refractivity contribution < 1.29 is 17.9 Å². The third-order valence-electron chi connectivity index (χ3n) is 5.33. The van der Waals surface area contributed by atoms with E-state index in [2.05, 4.69) is 29.9 Å². The number of nitrogens with one attached hydrogen (secondary N) is 1. The lowest BCUT2D eigenvalue weighted by Crippen LogP contribution is -2.29. The molecule has 13 heteroatoms. The van der Waals surface area contributed by atoms with Gasteiger partial charge in [-0.2, -0.15) is 0 Å². The molecular formula is C23H24ClN7O4S. The monoisotopic (exact) mass is 529 g/mol. The first-order valence-corrected chi connectivity index (χ1v) is 12.7. The Morgan fingerprint density at radius 1 is 1.06 bits per heavy atom. The number of aromatic nitrogens is 6. The van der Waals surface area contributed by atoms with Gasteiger partial charge in [0.1, 0.15) is 23.0 Å². The van der Waals surface area contributed by atoms with E-state index in [9.17, 15) is 8.42 Å². The zero-order valence-electron chi connectivity index (χ0n) is 20.0. The van der Waals surface area contributed by atoms with Crippen molar-refractivity contribution in [2.45, 2.75) is 25.5 Å². The number of para-hydroxylation sites is 1. The van der Waals surface area contributed by atoms with Crippen molar-refractivity contribution in [3.05, 3.63) is 65.5 Å². The van der Waals surface area contributed by atoms with Crippen molar-refractivity contribution in [3.63, 3.8) is 0 Å². The lowest BCUT2D eigenvalue weighted by atomic mass is 10.2. The first-order chi connectivity index (χ1) is 17.2. The van der Waals surface area contributed by atoms with Crippen LogP contribution >= 0.6 is 11.6 Å². The van der Waals surface area contributed by atoms with E-state index in [1.54, 1.807) is 37.5 Å². The molecule has 0 spiro atoms. The fourth-order valence-corrected chi connectivity index (χ4v) is 4.57. The maximum atomic E-state index is 13.3. The van der Waals surface area contributed by atoms with E-state index in [0.29, 0.717) is 39.4 Å². The highest BCUT2D eigenvalue weighted by atomic mass is 35.5. The molecule has 0 aliphatic carbocycles. The zero-order valence-corrected chi connectivity index (χ0v) is 21.6. The second-order valence-electron chi connectivity index (χ2n) is 7.92. The van der Waals surface area contributed by atoms with Crippen LogP contribution in [0.4, 0.5) is 5.95 Å². The van der Waals surface area contributed by atoms with Crippen LogP contribution in [-0.4, -0.2) is 57.6 Å². The Kier molecular flexibility index (Phi) is 7.36. The predicted octanol–water partition coefficient (Wildman–Crippen LogP) is 3.47. The number of ether oxygens (including phenoxy) is 2. The zero-order chi connectivity index (χ0) is 25.9. The van der Waals surface area contributed by atoms with Crippen molar-refractivity contribution >= 4 is 27.6 Å². The van der Waals surface area contributed by atoms with E-state index >= 15 is 0 Å². The van der Waals surface area contributed by atoms with Gasteiger partial charge in [0.05, 0.1) is 24.5 Å². The third-order valence-corrected chi connectivity index (χ3v) is 7.22. The number of nitrogens with zero attached hydrogens (tertiary/aromatic N) is 6. The number of rotatable bonds is 9. The number of benzene rings is 1. The Hall–Kier alpha value is -3.77. The quantitative estimate of drug-likeness (QED) is 0.346. The Morgan fingerprint density at radius 2 is 1.72 bits per heavy atom. The van der Waals surface area contributed by atoms with Gasteiger partial charge in [-0.15, -0.1) is 10.2 Å². The number of halogens is 1.